The lowest BCUT2D eigenvalue weighted by molar-refractivity contribution is 0.167. The third-order valence-corrected chi connectivity index (χ3v) is 2.68. The number of nitrogens with two attached hydrogens (primary N) is 1. The van der Waals surface area contributed by atoms with Crippen LogP contribution in [-0.2, 0) is 6.42 Å². The van der Waals surface area contributed by atoms with E-state index >= 15 is 0 Å². The Kier molecular flexibility index (Phi) is 3.34. The number of fused-ring (bicyclic) bond motifs is 1. The van der Waals surface area contributed by atoms with Crippen molar-refractivity contribution in [1.29, 1.82) is 0 Å². The molecule has 0 radical (unpaired) electrons. The smallest absolute Gasteiger partial charge is 0.172 e. The topological polar surface area (TPSA) is 53.7 Å². The molecule has 1 aromatic rings. The summed E-state index contributed by atoms with van der Waals surface area (Å²) in [5.41, 5.74) is 5.83. The van der Waals surface area contributed by atoms with Crippen LogP contribution in [-0.4, -0.2) is 25.9 Å². The van der Waals surface area contributed by atoms with Gasteiger partial charge in [0, 0.05) is 17.2 Å². The maximum Gasteiger partial charge on any atom is 0.172 e. The minimum Gasteiger partial charge on any atom is -0.494 e. The van der Waals surface area contributed by atoms with Crippen molar-refractivity contribution in [3.63, 3.8) is 0 Å². The van der Waals surface area contributed by atoms with Crippen LogP contribution in [0.5, 0.6) is 17.2 Å². The minimum atomic E-state index is -0.540. The molecule has 0 aliphatic carbocycles. The van der Waals surface area contributed by atoms with Crippen molar-refractivity contribution in [2.45, 2.75) is 25.8 Å². The second kappa shape index (κ2) is 4.65. The molecule has 2 N–H and O–H groups in total. The molecule has 1 heterocycles. The molecule has 18 heavy (non-hydrogen) atoms. The molecule has 0 fully saturated rings. The van der Waals surface area contributed by atoms with Crippen molar-refractivity contribution < 1.29 is 18.6 Å². The Morgan fingerprint density at radius 3 is 2.67 bits per heavy atom. The monoisotopic (exact) mass is 255 g/mol. The van der Waals surface area contributed by atoms with Gasteiger partial charge in [0.25, 0.3) is 0 Å². The first-order valence-corrected chi connectivity index (χ1v) is 5.86. The van der Waals surface area contributed by atoms with Gasteiger partial charge in [0.15, 0.2) is 23.1 Å². The highest BCUT2D eigenvalue weighted by molar-refractivity contribution is 5.54. The van der Waals surface area contributed by atoms with E-state index in [1.54, 1.807) is 0 Å². The lowest BCUT2D eigenvalue weighted by Gasteiger charge is -2.26. The van der Waals surface area contributed by atoms with Gasteiger partial charge in [-0.25, -0.2) is 4.39 Å². The zero-order chi connectivity index (χ0) is 13.3. The first kappa shape index (κ1) is 13.0. The molecular formula is C13H18FNO3. The van der Waals surface area contributed by atoms with Crippen LogP contribution in [0.4, 0.5) is 4.39 Å². The highest BCUT2D eigenvalue weighted by atomic mass is 19.1. The number of hydrogen-bond donors (Lipinski definition) is 1. The minimum absolute atomic E-state index is 0.151. The summed E-state index contributed by atoms with van der Waals surface area (Å²) in [5.74, 6) is 0.676. The van der Waals surface area contributed by atoms with Crippen LogP contribution < -0.4 is 19.9 Å². The van der Waals surface area contributed by atoms with Crippen LogP contribution in [0.2, 0.25) is 0 Å². The van der Waals surface area contributed by atoms with Gasteiger partial charge in [-0.3, -0.25) is 0 Å². The predicted octanol–water partition coefficient (Wildman–Crippen LogP) is 1.89. The summed E-state index contributed by atoms with van der Waals surface area (Å²) in [6.45, 7) is 4.54. The van der Waals surface area contributed by atoms with Crippen LogP contribution in [0.25, 0.3) is 0 Å². The number of ether oxygens (including phenoxy) is 3. The standard InChI is InChI=1S/C13H18FNO3/c1-13(2,15)7-8-11(14)9(16-3)6-10-12(8)18-5-4-17-10/h6H,4-5,7,15H2,1-3H3. The molecule has 1 aliphatic heterocycles. The van der Waals surface area contributed by atoms with Crippen LogP contribution in [0.3, 0.4) is 0 Å². The summed E-state index contributed by atoms with van der Waals surface area (Å²) in [6, 6.07) is 1.51. The van der Waals surface area contributed by atoms with E-state index in [2.05, 4.69) is 0 Å². The van der Waals surface area contributed by atoms with Gasteiger partial charge in [-0.1, -0.05) is 0 Å². The summed E-state index contributed by atoms with van der Waals surface area (Å²) in [6.07, 6.45) is 0.349. The van der Waals surface area contributed by atoms with Gasteiger partial charge in [0.05, 0.1) is 7.11 Å². The van der Waals surface area contributed by atoms with Crippen molar-refractivity contribution in [3.8, 4) is 17.2 Å². The van der Waals surface area contributed by atoms with Crippen molar-refractivity contribution in [1.82, 2.24) is 0 Å². The Hall–Kier alpha value is -1.49. The van der Waals surface area contributed by atoms with E-state index in [4.69, 9.17) is 19.9 Å². The summed E-state index contributed by atoms with van der Waals surface area (Å²) in [5, 5.41) is 0. The number of benzene rings is 1. The largest absolute Gasteiger partial charge is 0.494 e. The highest BCUT2D eigenvalue weighted by Gasteiger charge is 2.27. The zero-order valence-electron chi connectivity index (χ0n) is 10.9. The fourth-order valence-electron chi connectivity index (χ4n) is 1.97. The molecule has 0 unspecified atom stereocenters. The van der Waals surface area contributed by atoms with E-state index in [-0.39, 0.29) is 5.75 Å². The highest BCUT2D eigenvalue weighted by Crippen LogP contribution is 2.41. The predicted molar refractivity (Wildman–Crippen MR) is 65.9 cm³/mol. The molecule has 0 saturated heterocycles. The maximum absolute atomic E-state index is 14.3. The van der Waals surface area contributed by atoms with Crippen LogP contribution in [0, 0.1) is 5.82 Å². The van der Waals surface area contributed by atoms with Crippen LogP contribution in [0.1, 0.15) is 19.4 Å². The van der Waals surface area contributed by atoms with Gasteiger partial charge in [0.1, 0.15) is 13.2 Å². The molecule has 4 nitrogen and oxygen atoms in total. The Morgan fingerprint density at radius 2 is 2.06 bits per heavy atom. The molecular weight excluding hydrogens is 237 g/mol. The van der Waals surface area contributed by atoms with Gasteiger partial charge >= 0.3 is 0 Å². The molecule has 100 valence electrons. The van der Waals surface area contributed by atoms with Crippen molar-refractivity contribution >= 4 is 0 Å². The molecule has 0 amide bonds. The summed E-state index contributed by atoms with van der Waals surface area (Å²) in [4.78, 5) is 0. The van der Waals surface area contributed by atoms with Gasteiger partial charge < -0.3 is 19.9 Å². The van der Waals surface area contributed by atoms with Gasteiger partial charge in [-0.15, -0.1) is 0 Å². The van der Waals surface area contributed by atoms with E-state index in [1.807, 2.05) is 13.8 Å². The van der Waals surface area contributed by atoms with Crippen LogP contribution in [0.15, 0.2) is 6.07 Å². The second-order valence-electron chi connectivity index (χ2n) is 5.06. The Bertz CT molecular complexity index is 455. The van der Waals surface area contributed by atoms with Crippen molar-refractivity contribution in [2.24, 2.45) is 5.73 Å². The molecule has 0 saturated carbocycles. The molecule has 2 rings (SSSR count). The lowest BCUT2D eigenvalue weighted by Crippen LogP contribution is -2.35. The quantitative estimate of drug-likeness (QED) is 0.896. The maximum atomic E-state index is 14.3. The SMILES string of the molecule is COc1cc2c(c(CC(C)(C)N)c1F)OCCO2. The third kappa shape index (κ3) is 2.51. The van der Waals surface area contributed by atoms with E-state index < -0.39 is 11.4 Å². The summed E-state index contributed by atoms with van der Waals surface area (Å²) < 4.78 is 30.3. The molecule has 1 aromatic carbocycles. The third-order valence-electron chi connectivity index (χ3n) is 2.68. The number of halogens is 1. The molecule has 0 spiro atoms. The average molecular weight is 255 g/mol. The number of rotatable bonds is 3. The van der Waals surface area contributed by atoms with E-state index in [0.717, 1.165) is 0 Å². The fourth-order valence-corrected chi connectivity index (χ4v) is 1.97. The van der Waals surface area contributed by atoms with Gasteiger partial charge in [-0.05, 0) is 20.3 Å². The summed E-state index contributed by atoms with van der Waals surface area (Å²) in [7, 11) is 1.42. The Labute approximate surface area is 106 Å². The normalized spacial score (nSPS) is 14.5. The lowest BCUT2D eigenvalue weighted by atomic mass is 9.94. The first-order valence-electron chi connectivity index (χ1n) is 5.86. The zero-order valence-corrected chi connectivity index (χ0v) is 10.9. The van der Waals surface area contributed by atoms with Gasteiger partial charge in [-0.2, -0.15) is 0 Å². The second-order valence-corrected chi connectivity index (χ2v) is 5.06. The first-order chi connectivity index (χ1) is 8.42. The van der Waals surface area contributed by atoms with Crippen LogP contribution >= 0.6 is 0 Å². The van der Waals surface area contributed by atoms with Crippen molar-refractivity contribution in [2.75, 3.05) is 20.3 Å². The van der Waals surface area contributed by atoms with E-state index in [1.165, 1.54) is 13.2 Å². The molecule has 0 atom stereocenters. The van der Waals surface area contributed by atoms with Crippen molar-refractivity contribution in [3.05, 3.63) is 17.4 Å². The number of methoxy groups -OCH3 is 1. The average Bonchev–Trinajstić information content (AvgIpc) is 2.31. The van der Waals surface area contributed by atoms with E-state index in [0.29, 0.717) is 36.7 Å². The molecule has 5 heteroatoms. The van der Waals surface area contributed by atoms with E-state index in [9.17, 15) is 4.39 Å². The molecule has 0 aromatic heterocycles. The summed E-state index contributed by atoms with van der Waals surface area (Å²) >= 11 is 0. The Balaban J connectivity index is 2.53. The molecule has 0 bridgehead atoms. The number of hydrogen-bond acceptors (Lipinski definition) is 4. The fraction of sp³-hybridized carbons (Fsp3) is 0.538. The molecule has 1 aliphatic rings. The Morgan fingerprint density at radius 1 is 1.39 bits per heavy atom. The van der Waals surface area contributed by atoms with Gasteiger partial charge in [0.2, 0.25) is 0 Å².